The van der Waals surface area contributed by atoms with Gasteiger partial charge in [0.15, 0.2) is 11.6 Å². The second-order valence-electron chi connectivity index (χ2n) is 4.86. The van der Waals surface area contributed by atoms with Gasteiger partial charge in [0.05, 0.1) is 16.1 Å². The van der Waals surface area contributed by atoms with Crippen LogP contribution >= 0.6 is 15.9 Å². The summed E-state index contributed by atoms with van der Waals surface area (Å²) in [5.74, 6) is 0.390. The third kappa shape index (κ3) is 2.84. The van der Waals surface area contributed by atoms with E-state index in [0.717, 1.165) is 19.3 Å². The molecule has 0 aliphatic heterocycles. The fourth-order valence-corrected chi connectivity index (χ4v) is 2.79. The topological polar surface area (TPSA) is 33.0 Å². The molecule has 0 saturated heterocycles. The number of ether oxygens (including phenoxy) is 1. The number of halogens is 2. The van der Waals surface area contributed by atoms with Crippen LogP contribution in [0.3, 0.4) is 0 Å². The maximum absolute atomic E-state index is 14.0. The van der Waals surface area contributed by atoms with Gasteiger partial charge in [-0.15, -0.1) is 0 Å². The Balaban J connectivity index is 2.15. The van der Waals surface area contributed by atoms with Crippen LogP contribution in [0.15, 0.2) is 16.6 Å². The van der Waals surface area contributed by atoms with E-state index in [1.807, 2.05) is 6.07 Å². The third-order valence-electron chi connectivity index (χ3n) is 3.35. The standard InChI is InChI=1S/C14H15BrFNO/c1-9-3-2-4-11(7-9)18-12-6-5-10(8-17)13(15)14(12)16/h5-6,9,11H,2-4,7H2,1H3. The van der Waals surface area contributed by atoms with Crippen LogP contribution in [0, 0.1) is 23.1 Å². The van der Waals surface area contributed by atoms with E-state index in [2.05, 4.69) is 22.9 Å². The number of benzene rings is 1. The molecule has 0 amide bonds. The highest BCUT2D eigenvalue weighted by atomic mass is 79.9. The van der Waals surface area contributed by atoms with E-state index in [0.29, 0.717) is 5.92 Å². The molecule has 1 aliphatic carbocycles. The first-order valence-electron chi connectivity index (χ1n) is 6.16. The highest BCUT2D eigenvalue weighted by Gasteiger charge is 2.22. The fourth-order valence-electron chi connectivity index (χ4n) is 2.37. The van der Waals surface area contributed by atoms with Crippen LogP contribution in [0.25, 0.3) is 0 Å². The molecule has 2 unspecified atom stereocenters. The first kappa shape index (κ1) is 13.4. The summed E-state index contributed by atoms with van der Waals surface area (Å²) in [5, 5.41) is 8.80. The molecule has 0 N–H and O–H groups in total. The van der Waals surface area contributed by atoms with Crippen molar-refractivity contribution in [3.63, 3.8) is 0 Å². The summed E-state index contributed by atoms with van der Waals surface area (Å²) in [7, 11) is 0. The van der Waals surface area contributed by atoms with E-state index >= 15 is 0 Å². The van der Waals surface area contributed by atoms with Gasteiger partial charge in [0.25, 0.3) is 0 Å². The van der Waals surface area contributed by atoms with Crippen LogP contribution in [-0.2, 0) is 0 Å². The molecule has 0 radical (unpaired) electrons. The van der Waals surface area contributed by atoms with E-state index in [1.54, 1.807) is 6.07 Å². The van der Waals surface area contributed by atoms with Crippen molar-refractivity contribution in [1.82, 2.24) is 0 Å². The lowest BCUT2D eigenvalue weighted by Gasteiger charge is -2.27. The summed E-state index contributed by atoms with van der Waals surface area (Å²) in [6.07, 6.45) is 4.38. The van der Waals surface area contributed by atoms with Gasteiger partial charge in [-0.2, -0.15) is 5.26 Å². The van der Waals surface area contributed by atoms with Crippen LogP contribution in [0.4, 0.5) is 4.39 Å². The van der Waals surface area contributed by atoms with Crippen molar-refractivity contribution in [3.05, 3.63) is 28.0 Å². The predicted octanol–water partition coefficient (Wildman–Crippen LogP) is 4.42. The molecule has 0 aromatic heterocycles. The molecule has 4 heteroatoms. The van der Waals surface area contributed by atoms with Crippen molar-refractivity contribution >= 4 is 15.9 Å². The summed E-state index contributed by atoms with van der Waals surface area (Å²) < 4.78 is 19.9. The monoisotopic (exact) mass is 311 g/mol. The maximum atomic E-state index is 14.0. The van der Waals surface area contributed by atoms with Crippen molar-refractivity contribution in [2.24, 2.45) is 5.92 Å². The lowest BCUT2D eigenvalue weighted by Crippen LogP contribution is -2.24. The average molecular weight is 312 g/mol. The largest absolute Gasteiger partial charge is 0.487 e. The second kappa shape index (κ2) is 5.71. The van der Waals surface area contributed by atoms with Gasteiger partial charge in [-0.05, 0) is 53.2 Å². The number of nitriles is 1. The van der Waals surface area contributed by atoms with Crippen molar-refractivity contribution in [1.29, 1.82) is 5.26 Å². The van der Waals surface area contributed by atoms with Crippen molar-refractivity contribution < 1.29 is 9.13 Å². The van der Waals surface area contributed by atoms with Crippen LogP contribution in [0.2, 0.25) is 0 Å². The lowest BCUT2D eigenvalue weighted by molar-refractivity contribution is 0.124. The molecule has 1 saturated carbocycles. The van der Waals surface area contributed by atoms with Gasteiger partial charge < -0.3 is 4.74 Å². The van der Waals surface area contributed by atoms with E-state index in [-0.39, 0.29) is 21.9 Å². The Bertz CT molecular complexity index is 483. The zero-order valence-corrected chi connectivity index (χ0v) is 11.8. The van der Waals surface area contributed by atoms with Crippen LogP contribution in [-0.4, -0.2) is 6.10 Å². The van der Waals surface area contributed by atoms with Crippen LogP contribution in [0.5, 0.6) is 5.75 Å². The SMILES string of the molecule is CC1CCCC(Oc2ccc(C#N)c(Br)c2F)C1. The smallest absolute Gasteiger partial charge is 0.180 e. The molecule has 2 rings (SSSR count). The zero-order chi connectivity index (χ0) is 13.1. The normalized spacial score (nSPS) is 23.4. The Morgan fingerprint density at radius 2 is 2.22 bits per heavy atom. The minimum Gasteiger partial charge on any atom is -0.487 e. The van der Waals surface area contributed by atoms with Gasteiger partial charge in [-0.25, -0.2) is 4.39 Å². The minimum absolute atomic E-state index is 0.0862. The fraction of sp³-hybridized carbons (Fsp3) is 0.500. The van der Waals surface area contributed by atoms with E-state index in [4.69, 9.17) is 10.00 Å². The molecule has 0 spiro atoms. The summed E-state index contributed by atoms with van der Waals surface area (Å²) in [5.41, 5.74) is 0.289. The Kier molecular flexibility index (Phi) is 4.23. The molecule has 2 nitrogen and oxygen atoms in total. The lowest BCUT2D eigenvalue weighted by atomic mass is 9.89. The Morgan fingerprint density at radius 3 is 2.89 bits per heavy atom. The Labute approximate surface area is 115 Å². The summed E-state index contributed by atoms with van der Waals surface area (Å²) in [6.45, 7) is 2.20. The van der Waals surface area contributed by atoms with Crippen molar-refractivity contribution in [3.8, 4) is 11.8 Å². The summed E-state index contributed by atoms with van der Waals surface area (Å²) >= 11 is 3.09. The Hall–Kier alpha value is -1.08. The summed E-state index contributed by atoms with van der Waals surface area (Å²) in [4.78, 5) is 0. The van der Waals surface area contributed by atoms with Gasteiger partial charge in [0, 0.05) is 0 Å². The van der Waals surface area contributed by atoms with Gasteiger partial charge >= 0.3 is 0 Å². The van der Waals surface area contributed by atoms with Gasteiger partial charge in [0.1, 0.15) is 6.07 Å². The molecule has 0 heterocycles. The highest BCUT2D eigenvalue weighted by Crippen LogP contribution is 2.32. The molecule has 0 bridgehead atoms. The van der Waals surface area contributed by atoms with Gasteiger partial charge in [0.2, 0.25) is 0 Å². The number of nitrogens with zero attached hydrogens (tertiary/aromatic N) is 1. The molecule has 2 atom stereocenters. The minimum atomic E-state index is -0.479. The first-order chi connectivity index (χ1) is 8.61. The predicted molar refractivity (Wildman–Crippen MR) is 70.9 cm³/mol. The van der Waals surface area contributed by atoms with Gasteiger partial charge in [-0.1, -0.05) is 13.3 Å². The molecule has 1 fully saturated rings. The zero-order valence-electron chi connectivity index (χ0n) is 10.2. The first-order valence-corrected chi connectivity index (χ1v) is 6.96. The molecule has 18 heavy (non-hydrogen) atoms. The van der Waals surface area contributed by atoms with E-state index < -0.39 is 5.82 Å². The van der Waals surface area contributed by atoms with E-state index in [9.17, 15) is 4.39 Å². The van der Waals surface area contributed by atoms with Crippen LogP contribution in [0.1, 0.15) is 38.2 Å². The number of hydrogen-bond donors (Lipinski definition) is 0. The molecular formula is C14H15BrFNO. The van der Waals surface area contributed by atoms with Crippen molar-refractivity contribution in [2.45, 2.75) is 38.7 Å². The highest BCUT2D eigenvalue weighted by molar-refractivity contribution is 9.10. The molecule has 1 aromatic rings. The molecule has 96 valence electrons. The molecular weight excluding hydrogens is 297 g/mol. The van der Waals surface area contributed by atoms with Gasteiger partial charge in [-0.3, -0.25) is 0 Å². The quantitative estimate of drug-likeness (QED) is 0.810. The molecule has 1 aliphatic rings. The summed E-state index contributed by atoms with van der Waals surface area (Å²) in [6, 6.07) is 5.05. The third-order valence-corrected chi connectivity index (χ3v) is 4.12. The average Bonchev–Trinajstić information content (AvgIpc) is 2.35. The second-order valence-corrected chi connectivity index (χ2v) is 5.66. The maximum Gasteiger partial charge on any atom is 0.180 e. The Morgan fingerprint density at radius 1 is 1.44 bits per heavy atom. The number of hydrogen-bond acceptors (Lipinski definition) is 2. The van der Waals surface area contributed by atoms with E-state index in [1.165, 1.54) is 12.5 Å². The number of rotatable bonds is 2. The van der Waals surface area contributed by atoms with Crippen LogP contribution < -0.4 is 4.74 Å². The van der Waals surface area contributed by atoms with Crippen molar-refractivity contribution in [2.75, 3.05) is 0 Å². The molecule has 1 aromatic carbocycles.